The van der Waals surface area contributed by atoms with Crippen molar-refractivity contribution in [2.45, 2.75) is 25.0 Å². The number of benzene rings is 1. The minimum Gasteiger partial charge on any atom is -0.382 e. The van der Waals surface area contributed by atoms with Gasteiger partial charge in [-0.1, -0.05) is 13.0 Å². The molecule has 0 fully saturated rings. The summed E-state index contributed by atoms with van der Waals surface area (Å²) in [5, 5.41) is 15.2. The molecular weight excluding hydrogens is 335 g/mol. The van der Waals surface area contributed by atoms with Crippen molar-refractivity contribution in [3.05, 3.63) is 72.1 Å². The summed E-state index contributed by atoms with van der Waals surface area (Å²) >= 11 is 0. The zero-order valence-corrected chi connectivity index (χ0v) is 13.1. The lowest BCUT2D eigenvalue weighted by Gasteiger charge is -2.34. The molecule has 0 spiro atoms. The monoisotopic (exact) mass is 349 g/mol. The lowest BCUT2D eigenvalue weighted by atomic mass is 9.79. The van der Waals surface area contributed by atoms with E-state index in [1.54, 1.807) is 0 Å². The van der Waals surface area contributed by atoms with Gasteiger partial charge in [0.15, 0.2) is 5.82 Å². The molecule has 2 aromatic heterocycles. The quantitative estimate of drug-likeness (QED) is 0.764. The lowest BCUT2D eigenvalue weighted by molar-refractivity contribution is -0.0133. The molecule has 0 aliphatic rings. The maximum Gasteiger partial charge on any atom is 0.163 e. The number of aliphatic hydroxyl groups is 1. The SMILES string of the molecule is C[C@H](c1ncncc1F)[C@@](O)(Cn1cncn1)c1ccc(F)cc1F. The molecule has 6 nitrogen and oxygen atoms in total. The van der Waals surface area contributed by atoms with E-state index in [-0.39, 0.29) is 17.8 Å². The van der Waals surface area contributed by atoms with Crippen molar-refractivity contribution in [2.75, 3.05) is 0 Å². The highest BCUT2D eigenvalue weighted by molar-refractivity contribution is 5.30. The highest BCUT2D eigenvalue weighted by Crippen LogP contribution is 2.39. The maximum absolute atomic E-state index is 14.4. The number of hydrogen-bond acceptors (Lipinski definition) is 5. The first-order valence-corrected chi connectivity index (χ1v) is 7.37. The van der Waals surface area contributed by atoms with Crippen molar-refractivity contribution in [2.24, 2.45) is 0 Å². The highest BCUT2D eigenvalue weighted by atomic mass is 19.1. The Morgan fingerprint density at radius 3 is 2.60 bits per heavy atom. The van der Waals surface area contributed by atoms with Crippen LogP contribution in [0.3, 0.4) is 0 Å². The summed E-state index contributed by atoms with van der Waals surface area (Å²) in [5.74, 6) is -3.47. The smallest absolute Gasteiger partial charge is 0.163 e. The molecule has 0 aliphatic heterocycles. The van der Waals surface area contributed by atoms with Crippen LogP contribution in [-0.4, -0.2) is 29.8 Å². The van der Waals surface area contributed by atoms with Gasteiger partial charge in [0.05, 0.1) is 18.4 Å². The molecule has 2 heterocycles. The van der Waals surface area contributed by atoms with Crippen molar-refractivity contribution in [3.63, 3.8) is 0 Å². The van der Waals surface area contributed by atoms with Crippen LogP contribution in [0.5, 0.6) is 0 Å². The van der Waals surface area contributed by atoms with Gasteiger partial charge in [0.1, 0.15) is 36.2 Å². The molecule has 0 unspecified atom stereocenters. The van der Waals surface area contributed by atoms with E-state index in [9.17, 15) is 18.3 Å². The number of nitrogens with zero attached hydrogens (tertiary/aromatic N) is 5. The molecule has 1 N–H and O–H groups in total. The van der Waals surface area contributed by atoms with E-state index in [0.29, 0.717) is 6.07 Å². The number of rotatable bonds is 5. The molecule has 3 aromatic rings. The molecule has 0 amide bonds. The summed E-state index contributed by atoms with van der Waals surface area (Å²) in [6, 6.07) is 2.80. The Morgan fingerprint density at radius 2 is 1.96 bits per heavy atom. The summed E-state index contributed by atoms with van der Waals surface area (Å²) in [7, 11) is 0. The zero-order valence-electron chi connectivity index (χ0n) is 13.1. The van der Waals surface area contributed by atoms with Crippen LogP contribution in [0.1, 0.15) is 24.1 Å². The predicted molar refractivity (Wildman–Crippen MR) is 80.7 cm³/mol. The molecule has 25 heavy (non-hydrogen) atoms. The average Bonchev–Trinajstić information content (AvgIpc) is 3.07. The summed E-state index contributed by atoms with van der Waals surface area (Å²) in [6.45, 7) is 1.26. The second-order valence-electron chi connectivity index (χ2n) is 5.62. The third kappa shape index (κ3) is 3.22. The van der Waals surface area contributed by atoms with Crippen LogP contribution < -0.4 is 0 Å². The van der Waals surface area contributed by atoms with E-state index in [1.165, 1.54) is 24.3 Å². The molecule has 3 rings (SSSR count). The third-order valence-electron chi connectivity index (χ3n) is 4.09. The second-order valence-corrected chi connectivity index (χ2v) is 5.62. The van der Waals surface area contributed by atoms with Crippen LogP contribution in [0.15, 0.2) is 43.4 Å². The zero-order chi connectivity index (χ0) is 18.0. The molecule has 0 radical (unpaired) electrons. The average molecular weight is 349 g/mol. The van der Waals surface area contributed by atoms with Gasteiger partial charge in [-0.25, -0.2) is 32.8 Å². The first-order valence-electron chi connectivity index (χ1n) is 7.37. The Morgan fingerprint density at radius 1 is 1.16 bits per heavy atom. The van der Waals surface area contributed by atoms with Crippen LogP contribution in [0.25, 0.3) is 0 Å². The minimum atomic E-state index is -1.96. The molecular formula is C16H14F3N5O. The Balaban J connectivity index is 2.13. The summed E-state index contributed by atoms with van der Waals surface area (Å²) in [4.78, 5) is 11.2. The van der Waals surface area contributed by atoms with Crippen molar-refractivity contribution >= 4 is 0 Å². The standard InChI is InChI=1S/C16H14F3N5O/c1-10(15-14(19)5-20-7-22-15)16(25,6-24-9-21-8-23-24)12-3-2-11(17)4-13(12)18/h2-5,7-10,25H,6H2,1H3/t10-,16+/m1/s1. The van der Waals surface area contributed by atoms with Crippen molar-refractivity contribution < 1.29 is 18.3 Å². The predicted octanol–water partition coefficient (Wildman–Crippen LogP) is 2.18. The maximum atomic E-state index is 14.4. The Bertz CT molecular complexity index is 874. The van der Waals surface area contributed by atoms with Gasteiger partial charge in [-0.05, 0) is 6.07 Å². The molecule has 0 bridgehead atoms. The van der Waals surface area contributed by atoms with E-state index in [4.69, 9.17) is 0 Å². The van der Waals surface area contributed by atoms with Gasteiger partial charge in [0, 0.05) is 17.5 Å². The molecule has 0 saturated heterocycles. The van der Waals surface area contributed by atoms with Crippen molar-refractivity contribution in [1.82, 2.24) is 24.7 Å². The van der Waals surface area contributed by atoms with Crippen LogP contribution >= 0.6 is 0 Å². The van der Waals surface area contributed by atoms with Gasteiger partial charge in [-0.3, -0.25) is 0 Å². The first kappa shape index (κ1) is 17.0. The van der Waals surface area contributed by atoms with Crippen LogP contribution in [-0.2, 0) is 12.1 Å². The topological polar surface area (TPSA) is 76.7 Å². The van der Waals surface area contributed by atoms with Crippen molar-refractivity contribution in [3.8, 4) is 0 Å². The van der Waals surface area contributed by atoms with Gasteiger partial charge >= 0.3 is 0 Å². The molecule has 2 atom stereocenters. The van der Waals surface area contributed by atoms with Crippen LogP contribution in [0.4, 0.5) is 13.2 Å². The van der Waals surface area contributed by atoms with Gasteiger partial charge in [0.2, 0.25) is 0 Å². The summed E-state index contributed by atoms with van der Waals surface area (Å²) < 4.78 is 43.0. The van der Waals surface area contributed by atoms with E-state index in [1.807, 2.05) is 0 Å². The van der Waals surface area contributed by atoms with Gasteiger partial charge in [0.25, 0.3) is 0 Å². The number of hydrogen-bond donors (Lipinski definition) is 1. The fraction of sp³-hybridized carbons (Fsp3) is 0.250. The number of halogens is 3. The highest BCUT2D eigenvalue weighted by Gasteiger charge is 2.41. The molecule has 0 aliphatic carbocycles. The molecule has 130 valence electrons. The Kier molecular flexibility index (Phi) is 4.49. The van der Waals surface area contributed by atoms with Gasteiger partial charge in [-0.15, -0.1) is 0 Å². The van der Waals surface area contributed by atoms with Crippen LogP contribution in [0, 0.1) is 17.5 Å². The summed E-state index contributed by atoms with van der Waals surface area (Å²) in [5.41, 5.74) is -2.25. The summed E-state index contributed by atoms with van der Waals surface area (Å²) in [6.07, 6.45) is 4.66. The van der Waals surface area contributed by atoms with Gasteiger partial charge < -0.3 is 5.11 Å². The fourth-order valence-electron chi connectivity index (χ4n) is 2.72. The molecule has 0 saturated carbocycles. The third-order valence-corrected chi connectivity index (χ3v) is 4.09. The normalized spacial score (nSPS) is 14.9. The van der Waals surface area contributed by atoms with Gasteiger partial charge in [-0.2, -0.15) is 5.10 Å². The second kappa shape index (κ2) is 6.60. The van der Waals surface area contributed by atoms with E-state index in [2.05, 4.69) is 20.1 Å². The largest absolute Gasteiger partial charge is 0.382 e. The first-order chi connectivity index (χ1) is 11.9. The van der Waals surface area contributed by atoms with E-state index >= 15 is 0 Å². The number of aromatic nitrogens is 5. The van der Waals surface area contributed by atoms with E-state index < -0.39 is 29.0 Å². The van der Waals surface area contributed by atoms with Crippen molar-refractivity contribution in [1.29, 1.82) is 0 Å². The molecule has 9 heteroatoms. The van der Waals surface area contributed by atoms with E-state index in [0.717, 1.165) is 24.7 Å². The lowest BCUT2D eigenvalue weighted by Crippen LogP contribution is -2.39. The van der Waals surface area contributed by atoms with Crippen LogP contribution in [0.2, 0.25) is 0 Å². The minimum absolute atomic E-state index is 0.0960. The fourth-order valence-corrected chi connectivity index (χ4v) is 2.72. The molecule has 1 aromatic carbocycles. The Labute approximate surface area is 141 Å². The Hall–Kier alpha value is -2.81.